The van der Waals surface area contributed by atoms with E-state index in [0.29, 0.717) is 34.1 Å². The SMILES string of the molecule is [C-]#[N+]c1ccc2c(c1)[C@@H](Oc1cc(N)nc3ccccc13)[C@H](O)C(C)(C)O2. The third-order valence-corrected chi connectivity index (χ3v) is 4.75. The summed E-state index contributed by atoms with van der Waals surface area (Å²) in [5, 5.41) is 11.7. The van der Waals surface area contributed by atoms with Crippen molar-refractivity contribution < 1.29 is 14.6 Å². The average molecular weight is 361 g/mol. The molecule has 0 bridgehead atoms. The Morgan fingerprint density at radius 1 is 1.22 bits per heavy atom. The molecule has 0 aliphatic carbocycles. The molecule has 1 aliphatic heterocycles. The fourth-order valence-electron chi connectivity index (χ4n) is 3.32. The van der Waals surface area contributed by atoms with Crippen molar-refractivity contribution >= 4 is 22.4 Å². The van der Waals surface area contributed by atoms with Crippen molar-refractivity contribution in [2.45, 2.75) is 31.7 Å². The van der Waals surface area contributed by atoms with E-state index >= 15 is 0 Å². The number of benzene rings is 2. The largest absolute Gasteiger partial charge is 0.485 e. The van der Waals surface area contributed by atoms with Crippen LogP contribution in [0.15, 0.2) is 48.5 Å². The Kier molecular flexibility index (Phi) is 3.90. The van der Waals surface area contributed by atoms with Gasteiger partial charge in [0.15, 0.2) is 11.8 Å². The molecule has 27 heavy (non-hydrogen) atoms. The Balaban J connectivity index is 1.85. The number of aromatic nitrogens is 1. The summed E-state index contributed by atoms with van der Waals surface area (Å²) < 4.78 is 12.2. The maximum Gasteiger partial charge on any atom is 0.187 e. The van der Waals surface area contributed by atoms with Crippen molar-refractivity contribution in [1.82, 2.24) is 4.98 Å². The van der Waals surface area contributed by atoms with Gasteiger partial charge in [0, 0.05) is 17.0 Å². The number of hydrogen-bond acceptors (Lipinski definition) is 5. The first-order valence-electron chi connectivity index (χ1n) is 8.59. The smallest absolute Gasteiger partial charge is 0.187 e. The molecule has 6 nitrogen and oxygen atoms in total. The molecule has 1 aromatic heterocycles. The van der Waals surface area contributed by atoms with Crippen molar-refractivity contribution in [2.24, 2.45) is 0 Å². The van der Waals surface area contributed by atoms with Gasteiger partial charge in [0.1, 0.15) is 29.0 Å². The van der Waals surface area contributed by atoms with E-state index in [1.165, 1.54) is 0 Å². The Hall–Kier alpha value is -3.30. The summed E-state index contributed by atoms with van der Waals surface area (Å²) in [5.74, 6) is 1.45. The molecule has 0 saturated carbocycles. The molecule has 0 fully saturated rings. The second-order valence-electron chi connectivity index (χ2n) is 7.09. The summed E-state index contributed by atoms with van der Waals surface area (Å²) in [4.78, 5) is 7.79. The molecule has 0 spiro atoms. The van der Waals surface area contributed by atoms with Crippen LogP contribution in [-0.2, 0) is 0 Å². The van der Waals surface area contributed by atoms with E-state index in [2.05, 4.69) is 9.83 Å². The number of rotatable bonds is 2. The Labute approximate surface area is 157 Å². The molecule has 2 heterocycles. The van der Waals surface area contributed by atoms with Crippen LogP contribution in [0.5, 0.6) is 11.5 Å². The molecule has 4 rings (SSSR count). The fraction of sp³-hybridized carbons (Fsp3) is 0.238. The molecule has 6 heteroatoms. The molecule has 0 unspecified atom stereocenters. The van der Waals surface area contributed by atoms with Crippen molar-refractivity contribution in [3.63, 3.8) is 0 Å². The van der Waals surface area contributed by atoms with Crippen LogP contribution in [0.1, 0.15) is 25.5 Å². The number of aliphatic hydroxyl groups is 1. The number of hydrogen-bond donors (Lipinski definition) is 2. The fourth-order valence-corrected chi connectivity index (χ4v) is 3.32. The van der Waals surface area contributed by atoms with Crippen LogP contribution in [0.3, 0.4) is 0 Å². The van der Waals surface area contributed by atoms with Gasteiger partial charge in [0.05, 0.1) is 12.1 Å². The highest BCUT2D eigenvalue weighted by Gasteiger charge is 2.44. The number of ether oxygens (including phenoxy) is 2. The lowest BCUT2D eigenvalue weighted by Crippen LogP contribution is -2.50. The van der Waals surface area contributed by atoms with Gasteiger partial charge in [-0.05, 0) is 38.1 Å². The zero-order valence-electron chi connectivity index (χ0n) is 15.0. The first-order valence-corrected chi connectivity index (χ1v) is 8.59. The van der Waals surface area contributed by atoms with Gasteiger partial charge in [-0.3, -0.25) is 0 Å². The Bertz CT molecular complexity index is 1070. The minimum Gasteiger partial charge on any atom is -0.485 e. The van der Waals surface area contributed by atoms with Gasteiger partial charge in [0.25, 0.3) is 0 Å². The van der Waals surface area contributed by atoms with E-state index < -0.39 is 17.8 Å². The molecule has 0 saturated heterocycles. The predicted molar refractivity (Wildman–Crippen MR) is 103 cm³/mol. The number of nitrogen functional groups attached to an aromatic ring is 1. The lowest BCUT2D eigenvalue weighted by atomic mass is 9.88. The Morgan fingerprint density at radius 2 is 2.00 bits per heavy atom. The van der Waals surface area contributed by atoms with Gasteiger partial charge in [-0.1, -0.05) is 18.2 Å². The summed E-state index contributed by atoms with van der Waals surface area (Å²) in [6, 6.07) is 14.3. The molecule has 2 aromatic carbocycles. The number of nitrogens with two attached hydrogens (primary N) is 1. The molecule has 0 radical (unpaired) electrons. The van der Waals surface area contributed by atoms with Crippen molar-refractivity contribution in [1.29, 1.82) is 0 Å². The second kappa shape index (κ2) is 6.15. The van der Waals surface area contributed by atoms with E-state index in [9.17, 15) is 5.11 Å². The van der Waals surface area contributed by atoms with E-state index in [0.717, 1.165) is 5.39 Å². The van der Waals surface area contributed by atoms with Crippen molar-refractivity contribution in [3.8, 4) is 11.5 Å². The monoisotopic (exact) mass is 361 g/mol. The van der Waals surface area contributed by atoms with Crippen LogP contribution in [-0.4, -0.2) is 21.8 Å². The summed E-state index contributed by atoms with van der Waals surface area (Å²) in [6.07, 6.45) is -1.66. The van der Waals surface area contributed by atoms with Crippen molar-refractivity contribution in [2.75, 3.05) is 5.73 Å². The van der Waals surface area contributed by atoms with Crippen LogP contribution in [0.2, 0.25) is 0 Å². The standard InChI is InChI=1S/C21H19N3O3/c1-21(2)20(25)19(14-10-12(23-3)8-9-16(14)27-21)26-17-11-18(22)24-15-7-5-4-6-13(15)17/h4-11,19-20,25H,1-2H3,(H2,22,24)/t19-,20+/m1/s1. The summed E-state index contributed by atoms with van der Waals surface area (Å²) in [7, 11) is 0. The highest BCUT2D eigenvalue weighted by molar-refractivity contribution is 5.86. The first-order chi connectivity index (χ1) is 12.9. The first kappa shape index (κ1) is 17.1. The summed E-state index contributed by atoms with van der Waals surface area (Å²) in [5.41, 5.74) is 6.89. The molecule has 2 atom stereocenters. The molecule has 1 aliphatic rings. The highest BCUT2D eigenvalue weighted by Crippen LogP contribution is 2.44. The second-order valence-corrected chi connectivity index (χ2v) is 7.09. The average Bonchev–Trinajstić information content (AvgIpc) is 2.64. The van der Waals surface area contributed by atoms with Gasteiger partial charge in [-0.15, -0.1) is 0 Å². The molecular weight excluding hydrogens is 342 g/mol. The lowest BCUT2D eigenvalue weighted by molar-refractivity contribution is -0.102. The molecule has 136 valence electrons. The van der Waals surface area contributed by atoms with Crippen LogP contribution in [0.4, 0.5) is 11.5 Å². The number of para-hydroxylation sites is 1. The van der Waals surface area contributed by atoms with Crippen LogP contribution >= 0.6 is 0 Å². The van der Waals surface area contributed by atoms with Gasteiger partial charge in [-0.2, -0.15) is 0 Å². The number of anilines is 1. The van der Waals surface area contributed by atoms with Gasteiger partial charge < -0.3 is 20.3 Å². The van der Waals surface area contributed by atoms with E-state index in [-0.39, 0.29) is 0 Å². The van der Waals surface area contributed by atoms with E-state index in [4.69, 9.17) is 21.8 Å². The maximum absolute atomic E-state index is 10.9. The van der Waals surface area contributed by atoms with Crippen molar-refractivity contribution in [3.05, 3.63) is 65.5 Å². The van der Waals surface area contributed by atoms with Crippen LogP contribution in [0, 0.1) is 6.57 Å². The number of fused-ring (bicyclic) bond motifs is 2. The van der Waals surface area contributed by atoms with Crippen LogP contribution in [0.25, 0.3) is 15.7 Å². The van der Waals surface area contributed by atoms with Crippen LogP contribution < -0.4 is 15.2 Å². The maximum atomic E-state index is 10.9. The van der Waals surface area contributed by atoms with Gasteiger partial charge in [-0.25, -0.2) is 9.83 Å². The summed E-state index contributed by atoms with van der Waals surface area (Å²) in [6.45, 7) is 10.9. The minimum absolute atomic E-state index is 0.333. The van der Waals surface area contributed by atoms with Gasteiger partial charge >= 0.3 is 0 Å². The third-order valence-electron chi connectivity index (χ3n) is 4.75. The minimum atomic E-state index is -0.945. The molecular formula is C21H19N3O3. The van der Waals surface area contributed by atoms with Gasteiger partial charge in [0.2, 0.25) is 0 Å². The van der Waals surface area contributed by atoms with E-state index in [1.807, 2.05) is 24.3 Å². The predicted octanol–water partition coefficient (Wildman–Crippen LogP) is 4.02. The zero-order valence-corrected chi connectivity index (χ0v) is 15.0. The topological polar surface area (TPSA) is 82.0 Å². The normalized spacial score (nSPS) is 20.4. The molecule has 3 aromatic rings. The Morgan fingerprint density at radius 3 is 2.78 bits per heavy atom. The molecule has 3 N–H and O–H groups in total. The number of aliphatic hydroxyl groups excluding tert-OH is 1. The molecule has 0 amide bonds. The quantitative estimate of drug-likeness (QED) is 0.674. The highest BCUT2D eigenvalue weighted by atomic mass is 16.5. The third kappa shape index (κ3) is 2.92. The zero-order chi connectivity index (χ0) is 19.2. The van der Waals surface area contributed by atoms with E-state index in [1.54, 1.807) is 38.1 Å². The lowest BCUT2D eigenvalue weighted by Gasteiger charge is -2.42. The number of pyridine rings is 1. The summed E-state index contributed by atoms with van der Waals surface area (Å²) >= 11 is 0. The number of nitrogens with zero attached hydrogens (tertiary/aromatic N) is 2.